The van der Waals surface area contributed by atoms with Gasteiger partial charge in [0.2, 0.25) is 0 Å². The Morgan fingerprint density at radius 3 is 2.69 bits per heavy atom. The van der Waals surface area contributed by atoms with Gasteiger partial charge in [-0.3, -0.25) is 4.79 Å². The van der Waals surface area contributed by atoms with Gasteiger partial charge in [0.25, 0.3) is 0 Å². The van der Waals surface area contributed by atoms with Gasteiger partial charge in [0, 0.05) is 6.42 Å². The van der Waals surface area contributed by atoms with Crippen molar-refractivity contribution in [2.45, 2.75) is 53.4 Å². The molecule has 88 valence electrons. The smallest absolute Gasteiger partial charge is 0.158 e. The summed E-state index contributed by atoms with van der Waals surface area (Å²) < 4.78 is 0. The van der Waals surface area contributed by atoms with Gasteiger partial charge in [0.05, 0.1) is 0 Å². The summed E-state index contributed by atoms with van der Waals surface area (Å²) in [6.45, 7) is 8.82. The molecule has 0 aromatic rings. The van der Waals surface area contributed by atoms with Crippen LogP contribution in [0.25, 0.3) is 0 Å². The number of allylic oxidation sites excluding steroid dienone is 4. The number of rotatable bonds is 0. The maximum Gasteiger partial charge on any atom is 0.158 e. The second kappa shape index (κ2) is 3.87. The quantitative estimate of drug-likeness (QED) is 0.561. The molecule has 0 aliphatic heterocycles. The summed E-state index contributed by atoms with van der Waals surface area (Å²) in [5.41, 5.74) is 4.21. The van der Waals surface area contributed by atoms with E-state index in [1.807, 2.05) is 6.92 Å². The molecule has 0 heterocycles. The molecule has 0 aromatic carbocycles. The van der Waals surface area contributed by atoms with Gasteiger partial charge in [-0.1, -0.05) is 31.1 Å². The maximum atomic E-state index is 11.9. The van der Waals surface area contributed by atoms with Crippen LogP contribution in [0.15, 0.2) is 22.8 Å². The van der Waals surface area contributed by atoms with Crippen molar-refractivity contribution in [3.63, 3.8) is 0 Å². The molecule has 16 heavy (non-hydrogen) atoms. The van der Waals surface area contributed by atoms with E-state index in [1.54, 1.807) is 0 Å². The van der Waals surface area contributed by atoms with E-state index < -0.39 is 0 Å². The first kappa shape index (κ1) is 11.6. The number of hydrogen-bond donors (Lipinski definition) is 0. The average molecular weight is 218 g/mol. The van der Waals surface area contributed by atoms with Crippen molar-refractivity contribution in [2.24, 2.45) is 11.3 Å². The Balaban J connectivity index is 2.49. The lowest BCUT2D eigenvalue weighted by atomic mass is 9.62. The highest BCUT2D eigenvalue weighted by Crippen LogP contribution is 2.49. The fourth-order valence-corrected chi connectivity index (χ4v) is 3.16. The van der Waals surface area contributed by atoms with E-state index in [9.17, 15) is 4.79 Å². The molecular formula is C15H22O. The zero-order valence-corrected chi connectivity index (χ0v) is 10.9. The van der Waals surface area contributed by atoms with Crippen LogP contribution in [0.5, 0.6) is 0 Å². The summed E-state index contributed by atoms with van der Waals surface area (Å²) in [5.74, 6) is 0.861. The lowest BCUT2D eigenvalue weighted by molar-refractivity contribution is -0.118. The number of carbonyl (C=O) groups excluding carboxylic acids is 1. The van der Waals surface area contributed by atoms with Crippen molar-refractivity contribution in [3.05, 3.63) is 22.8 Å². The van der Waals surface area contributed by atoms with E-state index in [1.165, 1.54) is 11.1 Å². The first-order chi connectivity index (χ1) is 7.45. The molecule has 0 aromatic heterocycles. The highest BCUT2D eigenvalue weighted by molar-refractivity contribution is 5.97. The van der Waals surface area contributed by atoms with Crippen LogP contribution in [-0.2, 0) is 4.79 Å². The van der Waals surface area contributed by atoms with Crippen LogP contribution in [0.2, 0.25) is 0 Å². The molecule has 2 rings (SSSR count). The molecule has 1 nitrogen and oxygen atoms in total. The molecule has 1 heteroatoms. The molecule has 0 saturated carbocycles. The van der Waals surface area contributed by atoms with E-state index in [2.05, 4.69) is 26.8 Å². The van der Waals surface area contributed by atoms with Gasteiger partial charge in [-0.2, -0.15) is 0 Å². The Labute approximate surface area is 98.6 Å². The fourth-order valence-electron chi connectivity index (χ4n) is 3.16. The summed E-state index contributed by atoms with van der Waals surface area (Å²) in [7, 11) is 0. The standard InChI is InChI=1S/C15H22O/c1-10-5-6-13-12(3)14(16)9-11(2)15(13,4)8-7-10/h7,11H,5-6,8-9H2,1-4H3/t11-,15+/m0/s1. The van der Waals surface area contributed by atoms with Crippen LogP contribution in [-0.4, -0.2) is 5.78 Å². The molecule has 2 atom stereocenters. The maximum absolute atomic E-state index is 11.9. The monoisotopic (exact) mass is 218 g/mol. The van der Waals surface area contributed by atoms with Crippen molar-refractivity contribution in [1.82, 2.24) is 0 Å². The van der Waals surface area contributed by atoms with Crippen LogP contribution in [0, 0.1) is 11.3 Å². The van der Waals surface area contributed by atoms with Crippen molar-refractivity contribution in [2.75, 3.05) is 0 Å². The van der Waals surface area contributed by atoms with Crippen LogP contribution in [0.4, 0.5) is 0 Å². The zero-order chi connectivity index (χ0) is 11.9. The number of fused-ring (bicyclic) bond motifs is 1. The lowest BCUT2D eigenvalue weighted by Crippen LogP contribution is -2.34. The number of ketones is 1. The first-order valence-electron chi connectivity index (χ1n) is 6.34. The summed E-state index contributed by atoms with van der Waals surface area (Å²) in [5, 5.41) is 0. The van der Waals surface area contributed by atoms with Crippen molar-refractivity contribution in [1.29, 1.82) is 0 Å². The van der Waals surface area contributed by atoms with Gasteiger partial charge >= 0.3 is 0 Å². The lowest BCUT2D eigenvalue weighted by Gasteiger charge is -2.41. The normalized spacial score (nSPS) is 35.6. The highest BCUT2D eigenvalue weighted by atomic mass is 16.1. The number of Topliss-reactive ketones (excluding diaryl/α,β-unsaturated/α-hetero) is 1. The molecule has 0 bridgehead atoms. The molecular weight excluding hydrogens is 196 g/mol. The Morgan fingerprint density at radius 1 is 1.31 bits per heavy atom. The first-order valence-corrected chi connectivity index (χ1v) is 6.34. The second-order valence-corrected chi connectivity index (χ2v) is 5.80. The number of hydrogen-bond acceptors (Lipinski definition) is 1. The number of carbonyl (C=O) groups is 1. The van der Waals surface area contributed by atoms with Crippen LogP contribution in [0.1, 0.15) is 53.4 Å². The molecule has 0 spiro atoms. The summed E-state index contributed by atoms with van der Waals surface area (Å²) in [6, 6.07) is 0. The summed E-state index contributed by atoms with van der Waals surface area (Å²) >= 11 is 0. The molecule has 0 unspecified atom stereocenters. The molecule has 0 radical (unpaired) electrons. The van der Waals surface area contributed by atoms with E-state index in [0.29, 0.717) is 11.7 Å². The van der Waals surface area contributed by atoms with Crippen LogP contribution >= 0.6 is 0 Å². The molecule has 0 fully saturated rings. The summed E-state index contributed by atoms with van der Waals surface area (Å²) in [4.78, 5) is 11.9. The van der Waals surface area contributed by atoms with E-state index in [4.69, 9.17) is 0 Å². The van der Waals surface area contributed by atoms with Gasteiger partial charge in [-0.25, -0.2) is 0 Å². The molecule has 2 aliphatic rings. The van der Waals surface area contributed by atoms with Crippen molar-refractivity contribution >= 4 is 5.78 Å². The molecule has 0 saturated heterocycles. The van der Waals surface area contributed by atoms with Gasteiger partial charge < -0.3 is 0 Å². The minimum absolute atomic E-state index is 0.232. The van der Waals surface area contributed by atoms with E-state index >= 15 is 0 Å². The average Bonchev–Trinajstić information content (AvgIpc) is 2.38. The highest BCUT2D eigenvalue weighted by Gasteiger charge is 2.41. The van der Waals surface area contributed by atoms with Crippen molar-refractivity contribution in [3.8, 4) is 0 Å². The molecule has 0 amide bonds. The third kappa shape index (κ3) is 1.66. The van der Waals surface area contributed by atoms with Crippen LogP contribution in [0.3, 0.4) is 0 Å². The molecule has 0 N–H and O–H groups in total. The van der Waals surface area contributed by atoms with Gasteiger partial charge in [-0.15, -0.1) is 0 Å². The third-order valence-corrected chi connectivity index (χ3v) is 4.78. The minimum atomic E-state index is 0.232. The van der Waals surface area contributed by atoms with Gasteiger partial charge in [0.1, 0.15) is 0 Å². The Hall–Kier alpha value is -0.850. The SMILES string of the molecule is CC1=CC[C@@]2(C)C(=C(C)C(=O)C[C@@H]2C)CC1. The predicted octanol–water partition coefficient (Wildman–Crippen LogP) is 4.05. The Kier molecular flexibility index (Phi) is 2.81. The van der Waals surface area contributed by atoms with Gasteiger partial charge in [-0.05, 0) is 50.0 Å². The minimum Gasteiger partial charge on any atom is -0.295 e. The second-order valence-electron chi connectivity index (χ2n) is 5.80. The predicted molar refractivity (Wildman–Crippen MR) is 67.2 cm³/mol. The fraction of sp³-hybridized carbons (Fsp3) is 0.667. The largest absolute Gasteiger partial charge is 0.295 e. The third-order valence-electron chi connectivity index (χ3n) is 4.78. The zero-order valence-electron chi connectivity index (χ0n) is 10.9. The van der Waals surface area contributed by atoms with Crippen molar-refractivity contribution < 1.29 is 4.79 Å². The van der Waals surface area contributed by atoms with E-state index in [-0.39, 0.29) is 5.41 Å². The summed E-state index contributed by atoms with van der Waals surface area (Å²) in [6.07, 6.45) is 6.44. The molecule has 2 aliphatic carbocycles. The van der Waals surface area contributed by atoms with Crippen LogP contribution < -0.4 is 0 Å². The van der Waals surface area contributed by atoms with E-state index in [0.717, 1.165) is 31.3 Å². The Bertz CT molecular complexity index is 386. The Morgan fingerprint density at radius 2 is 2.00 bits per heavy atom. The van der Waals surface area contributed by atoms with Gasteiger partial charge in [0.15, 0.2) is 5.78 Å². The topological polar surface area (TPSA) is 17.1 Å².